The first-order chi connectivity index (χ1) is 34.9. The number of ether oxygens (including phenoxy) is 1. The van der Waals surface area contributed by atoms with Gasteiger partial charge in [0, 0.05) is 72.6 Å². The number of cyclic esters (lactones) is 1. The van der Waals surface area contributed by atoms with Gasteiger partial charge < -0.3 is 4.74 Å². The maximum atomic E-state index is 11.8. The summed E-state index contributed by atoms with van der Waals surface area (Å²) in [5.74, 6) is 0.565. The van der Waals surface area contributed by atoms with Gasteiger partial charge in [0.1, 0.15) is 29.4 Å². The minimum atomic E-state index is -0.458. The van der Waals surface area contributed by atoms with Crippen LogP contribution in [0.15, 0.2) is 99.0 Å². The summed E-state index contributed by atoms with van der Waals surface area (Å²) in [6.07, 6.45) is 5.81. The molecule has 5 aliphatic heterocycles. The second-order valence-electron chi connectivity index (χ2n) is 18.0. The lowest BCUT2D eigenvalue weighted by atomic mass is 9.81. The number of carbonyl (C=O) groups is 8. The summed E-state index contributed by atoms with van der Waals surface area (Å²) in [4.78, 5) is 97.0. The number of imidazole rings is 1. The summed E-state index contributed by atoms with van der Waals surface area (Å²) in [5.41, 5.74) is 9.04. The summed E-state index contributed by atoms with van der Waals surface area (Å²) in [7, 11) is 3.33. The molecule has 3 amide bonds. The fourth-order valence-corrected chi connectivity index (χ4v) is 8.73. The van der Waals surface area contributed by atoms with Gasteiger partial charge >= 0.3 is 5.97 Å². The van der Waals surface area contributed by atoms with Crippen LogP contribution in [0.5, 0.6) is 0 Å². The number of hydrogen-bond acceptors (Lipinski definition) is 14. The lowest BCUT2D eigenvalue weighted by Crippen LogP contribution is -2.21. The maximum Gasteiger partial charge on any atom is 0.318 e. The summed E-state index contributed by atoms with van der Waals surface area (Å²) < 4.78 is 6.09. The molecule has 6 aliphatic rings. The number of Topliss-reactive ketones (excluding diaryl/α,β-unsaturated/α-hetero) is 2. The van der Waals surface area contributed by atoms with Crippen molar-refractivity contribution in [2.24, 2.45) is 20.3 Å². The van der Waals surface area contributed by atoms with Gasteiger partial charge in [-0.1, -0.05) is 88.9 Å². The number of benzene rings is 3. The zero-order valence-electron chi connectivity index (χ0n) is 42.5. The number of aryl methyl sites for hydroxylation is 2. The normalized spacial score (nSPS) is 17.1. The molecule has 1 saturated carbocycles. The van der Waals surface area contributed by atoms with Gasteiger partial charge in [0.25, 0.3) is 5.91 Å². The van der Waals surface area contributed by atoms with Gasteiger partial charge in [0.2, 0.25) is 23.7 Å². The Labute approximate surface area is 443 Å². The third-order valence-electron chi connectivity index (χ3n) is 11.2. The maximum absolute atomic E-state index is 11.8. The fourth-order valence-electron chi connectivity index (χ4n) is 7.75. The number of rotatable bonds is 3. The molecule has 3 aromatic carbocycles. The van der Waals surface area contributed by atoms with Gasteiger partial charge in [-0.15, -0.1) is 0 Å². The van der Waals surface area contributed by atoms with Gasteiger partial charge in [0.05, 0.1) is 47.8 Å². The Kier molecular flexibility index (Phi) is 20.3. The van der Waals surface area contributed by atoms with Crippen molar-refractivity contribution in [3.63, 3.8) is 0 Å². The van der Waals surface area contributed by atoms with Crippen LogP contribution in [0.2, 0.25) is 15.1 Å². The van der Waals surface area contributed by atoms with Gasteiger partial charge in [-0.25, -0.2) is 20.0 Å². The summed E-state index contributed by atoms with van der Waals surface area (Å²) in [6, 6.07) is 19.1. The molecule has 0 radical (unpaired) electrons. The van der Waals surface area contributed by atoms with Gasteiger partial charge in [0.15, 0.2) is 5.78 Å². The van der Waals surface area contributed by atoms with E-state index >= 15 is 0 Å². The predicted octanol–water partition coefficient (Wildman–Crippen LogP) is 10.0. The highest BCUT2D eigenvalue weighted by atomic mass is 35.5. The number of anilines is 1. The number of aliphatic imine (C=N–C) groups is 1. The SMILES string of the molecule is CC1=CC(=O)CC(=O)O1.CC1=NN(C)C(=O)C1.CC1=NN(C)C(=O)C1.CC1=NN(c2c(Cl)cc(Cl)cc2Cl)C(=O)C1.CC1=Nc2nc(-c3ccc(C)cc3)cn2C(=O)C1.Cc1ccccc1C1CC(=O)CC(=O)C1. The van der Waals surface area contributed by atoms with Crippen LogP contribution in [0.1, 0.15) is 113 Å². The van der Waals surface area contributed by atoms with Crippen LogP contribution >= 0.6 is 34.8 Å². The molecule has 21 heteroatoms. The van der Waals surface area contributed by atoms with Crippen molar-refractivity contribution in [3.8, 4) is 11.3 Å². The van der Waals surface area contributed by atoms with Crippen molar-refractivity contribution in [1.29, 1.82) is 0 Å². The smallest absolute Gasteiger partial charge is 0.318 e. The fraction of sp³-hybridized carbons (Fsp3) is 0.340. The summed E-state index contributed by atoms with van der Waals surface area (Å²) in [5, 5.41) is 16.8. The average molecular weight is 1070 g/mol. The lowest BCUT2D eigenvalue weighted by molar-refractivity contribution is -0.143. The minimum absolute atomic E-state index is 0.0309. The number of allylic oxidation sites excluding steroid dienone is 2. The number of aromatic nitrogens is 2. The number of carbonyl (C=O) groups excluding carboxylic acids is 8. The van der Waals surface area contributed by atoms with E-state index in [-0.39, 0.29) is 66.2 Å². The van der Waals surface area contributed by atoms with Crippen molar-refractivity contribution < 1.29 is 43.1 Å². The Bertz CT molecular complexity index is 2970. The predicted molar refractivity (Wildman–Crippen MR) is 285 cm³/mol. The van der Waals surface area contributed by atoms with E-state index in [4.69, 9.17) is 34.8 Å². The van der Waals surface area contributed by atoms with E-state index in [2.05, 4.69) is 30.0 Å². The van der Waals surface area contributed by atoms with Crippen LogP contribution in [-0.2, 0) is 38.3 Å². The topological polar surface area (TPSA) is 223 Å². The number of hydrazone groups is 3. The quantitative estimate of drug-likeness (QED) is 0.139. The van der Waals surface area contributed by atoms with E-state index < -0.39 is 5.97 Å². The second-order valence-corrected chi connectivity index (χ2v) is 19.2. The lowest BCUT2D eigenvalue weighted by Gasteiger charge is -2.21. The number of ketones is 3. The van der Waals surface area contributed by atoms with E-state index in [0.29, 0.717) is 64.6 Å². The first-order valence-electron chi connectivity index (χ1n) is 23.2. The van der Waals surface area contributed by atoms with E-state index in [1.165, 1.54) is 48.9 Å². The summed E-state index contributed by atoms with van der Waals surface area (Å²) >= 11 is 17.8. The number of esters is 1. The van der Waals surface area contributed by atoms with Crippen LogP contribution in [0.4, 0.5) is 11.6 Å². The average Bonchev–Trinajstić information content (AvgIpc) is 4.04. The van der Waals surface area contributed by atoms with Crippen LogP contribution in [-0.4, -0.2) is 103 Å². The Morgan fingerprint density at radius 1 is 0.595 bits per heavy atom. The monoisotopic (exact) mass is 1070 g/mol. The molecule has 0 saturated heterocycles. The largest absolute Gasteiger partial charge is 0.431 e. The van der Waals surface area contributed by atoms with Crippen LogP contribution < -0.4 is 5.01 Å². The molecule has 18 nitrogen and oxygen atoms in total. The molecule has 74 heavy (non-hydrogen) atoms. The molecule has 4 aromatic rings. The number of amides is 3. The number of halogens is 3. The first kappa shape index (κ1) is 57.6. The standard InChI is InChI=1S/C14H13N3O.C13H14O2.C10H7Cl3N2O.C6H6O3.2C5H8N2O/c1-9-3-5-11(6-4-9)12-8-17-13(18)7-10(2)15-14(17)16-12;1-9-4-2-3-5-13(9)10-6-11(14)8-12(15)7-10;1-5-2-9(16)15(14-5)10-7(12)3-6(11)4-8(10)13;1-4-2-5(7)3-6(8)9-4;2*1-4-3-5(8)7(2)6-4/h3-6,8H,7H2,1-2H3;2-5,10H,6-8H2,1H3;3-4H,2H2,1H3;2H,3H2,1H3;2*3H2,1-2H3. The van der Waals surface area contributed by atoms with E-state index in [0.717, 1.165) is 39.7 Å². The molecule has 0 atom stereocenters. The van der Waals surface area contributed by atoms with Crippen molar-refractivity contribution in [2.45, 2.75) is 106 Å². The molecule has 388 valence electrons. The van der Waals surface area contributed by atoms with Crippen molar-refractivity contribution >= 4 is 116 Å². The molecule has 0 unspecified atom stereocenters. The van der Waals surface area contributed by atoms with Crippen molar-refractivity contribution in [3.05, 3.63) is 110 Å². The Morgan fingerprint density at radius 2 is 1.12 bits per heavy atom. The third-order valence-corrected chi connectivity index (χ3v) is 12.0. The Balaban J connectivity index is 0.000000169. The van der Waals surface area contributed by atoms with Crippen LogP contribution in [0, 0.1) is 13.8 Å². The molecular weight excluding hydrogens is 1010 g/mol. The minimum Gasteiger partial charge on any atom is -0.431 e. The van der Waals surface area contributed by atoms with Gasteiger partial charge in [-0.05, 0) is 77.6 Å². The number of fused-ring (bicyclic) bond motifs is 1. The molecule has 0 bridgehead atoms. The Morgan fingerprint density at radius 3 is 1.58 bits per heavy atom. The highest BCUT2D eigenvalue weighted by Crippen LogP contribution is 2.38. The zero-order valence-corrected chi connectivity index (χ0v) is 44.8. The zero-order chi connectivity index (χ0) is 54.6. The Hall–Kier alpha value is -7.28. The molecule has 1 fully saturated rings. The second kappa shape index (κ2) is 26.1. The summed E-state index contributed by atoms with van der Waals surface area (Å²) in [6.45, 7) is 13.0. The highest BCUT2D eigenvalue weighted by molar-refractivity contribution is 6.42. The molecule has 1 aliphatic carbocycles. The van der Waals surface area contributed by atoms with E-state index in [9.17, 15) is 38.4 Å². The first-order valence-corrected chi connectivity index (χ1v) is 24.4. The van der Waals surface area contributed by atoms with Gasteiger partial charge in [-0.3, -0.25) is 42.9 Å². The molecule has 0 spiro atoms. The molecule has 6 heterocycles. The molecule has 0 N–H and O–H groups in total. The van der Waals surface area contributed by atoms with Crippen molar-refractivity contribution in [2.75, 3.05) is 19.1 Å². The number of nitrogens with zero attached hydrogens (tertiary/aromatic N) is 9. The van der Waals surface area contributed by atoms with E-state index in [1.54, 1.807) is 34.1 Å². The van der Waals surface area contributed by atoms with Crippen LogP contribution in [0.3, 0.4) is 0 Å². The number of hydrogen-bond donors (Lipinski definition) is 0. The van der Waals surface area contributed by atoms with E-state index in [1.807, 2.05) is 83.1 Å². The molecule has 10 rings (SSSR count). The van der Waals surface area contributed by atoms with Crippen molar-refractivity contribution in [1.82, 2.24) is 19.6 Å². The van der Waals surface area contributed by atoms with Gasteiger partial charge in [-0.2, -0.15) is 20.3 Å². The third kappa shape index (κ3) is 16.6. The van der Waals surface area contributed by atoms with Crippen LogP contribution in [0.25, 0.3) is 11.3 Å². The molecule has 1 aromatic heterocycles. The highest BCUT2D eigenvalue weighted by Gasteiger charge is 2.28. The molecular formula is C53H56Cl3N9O9.